The van der Waals surface area contributed by atoms with Gasteiger partial charge in [0.2, 0.25) is 0 Å². The van der Waals surface area contributed by atoms with Gasteiger partial charge in [0.05, 0.1) is 13.7 Å². The molecule has 1 fully saturated rings. The second kappa shape index (κ2) is 10.3. The van der Waals surface area contributed by atoms with Crippen LogP contribution in [-0.2, 0) is 17.8 Å². The Morgan fingerprint density at radius 3 is 2.54 bits per heavy atom. The number of amides is 1. The van der Waals surface area contributed by atoms with E-state index >= 15 is 0 Å². The average Bonchev–Trinajstić information content (AvgIpc) is 2.74. The molecule has 0 aromatic heterocycles. The lowest BCUT2D eigenvalue weighted by Gasteiger charge is -2.32. The number of piperidine rings is 1. The minimum Gasteiger partial charge on any atom is -0.496 e. The van der Waals surface area contributed by atoms with E-state index in [9.17, 15) is 4.79 Å². The summed E-state index contributed by atoms with van der Waals surface area (Å²) < 4.78 is 11.1. The Morgan fingerprint density at radius 2 is 1.86 bits per heavy atom. The van der Waals surface area contributed by atoms with Gasteiger partial charge >= 0.3 is 0 Å². The van der Waals surface area contributed by atoms with Crippen LogP contribution in [0.3, 0.4) is 0 Å². The molecule has 0 atom stereocenters. The van der Waals surface area contributed by atoms with E-state index < -0.39 is 0 Å². The number of likely N-dealkylation sites (tertiary alicyclic amines) is 1. The van der Waals surface area contributed by atoms with Crippen molar-refractivity contribution in [2.45, 2.75) is 39.2 Å². The quantitative estimate of drug-likeness (QED) is 0.621. The zero-order valence-corrected chi connectivity index (χ0v) is 17.0. The zero-order chi connectivity index (χ0) is 19.8. The molecule has 0 spiro atoms. The van der Waals surface area contributed by atoms with E-state index in [1.807, 2.05) is 23.1 Å². The predicted octanol–water partition coefficient (Wildman–Crippen LogP) is 4.72. The standard InChI is InChI=1S/C24H31NO3/c1-3-15-28-18-22-17-21(9-10-23(22)27-2)24(26)25-13-11-20(12-14-25)16-19-7-5-4-6-8-19/h4-10,17,20H,3,11-16,18H2,1-2H3. The largest absolute Gasteiger partial charge is 0.496 e. The van der Waals surface area contributed by atoms with Crippen LogP contribution in [0.1, 0.15) is 47.7 Å². The van der Waals surface area contributed by atoms with E-state index in [4.69, 9.17) is 9.47 Å². The molecule has 1 aliphatic rings. The molecule has 0 unspecified atom stereocenters. The molecule has 28 heavy (non-hydrogen) atoms. The van der Waals surface area contributed by atoms with E-state index in [1.165, 1.54) is 5.56 Å². The van der Waals surface area contributed by atoms with Gasteiger partial charge < -0.3 is 14.4 Å². The Kier molecular flexibility index (Phi) is 7.49. The van der Waals surface area contributed by atoms with Gasteiger partial charge in [-0.1, -0.05) is 37.3 Å². The van der Waals surface area contributed by atoms with Crippen molar-refractivity contribution in [1.29, 1.82) is 0 Å². The molecule has 1 amide bonds. The lowest BCUT2D eigenvalue weighted by atomic mass is 9.90. The molecule has 1 aliphatic heterocycles. The summed E-state index contributed by atoms with van der Waals surface area (Å²) in [6, 6.07) is 16.3. The van der Waals surface area contributed by atoms with Gasteiger partial charge in [0, 0.05) is 30.8 Å². The molecule has 4 heteroatoms. The van der Waals surface area contributed by atoms with Crippen molar-refractivity contribution in [3.05, 3.63) is 65.2 Å². The van der Waals surface area contributed by atoms with Gasteiger partial charge in [-0.05, 0) is 55.4 Å². The monoisotopic (exact) mass is 381 g/mol. The summed E-state index contributed by atoms with van der Waals surface area (Å²) in [7, 11) is 1.65. The summed E-state index contributed by atoms with van der Waals surface area (Å²) in [5, 5.41) is 0. The smallest absolute Gasteiger partial charge is 0.253 e. The van der Waals surface area contributed by atoms with Gasteiger partial charge in [-0.3, -0.25) is 4.79 Å². The highest BCUT2D eigenvalue weighted by atomic mass is 16.5. The summed E-state index contributed by atoms with van der Waals surface area (Å²) in [5.41, 5.74) is 3.04. The third-order valence-electron chi connectivity index (χ3n) is 5.40. The van der Waals surface area contributed by atoms with Crippen molar-refractivity contribution in [3.63, 3.8) is 0 Å². The van der Waals surface area contributed by atoms with E-state index in [0.29, 0.717) is 19.1 Å². The highest BCUT2D eigenvalue weighted by Gasteiger charge is 2.24. The maximum absolute atomic E-state index is 13.0. The maximum atomic E-state index is 13.0. The fraction of sp³-hybridized carbons (Fsp3) is 0.458. The normalized spacial score (nSPS) is 14.9. The number of rotatable bonds is 8. The van der Waals surface area contributed by atoms with Crippen molar-refractivity contribution in [3.8, 4) is 5.75 Å². The van der Waals surface area contributed by atoms with Gasteiger partial charge in [0.25, 0.3) is 5.91 Å². The first kappa shape index (κ1) is 20.4. The van der Waals surface area contributed by atoms with Gasteiger partial charge in [0.15, 0.2) is 0 Å². The topological polar surface area (TPSA) is 38.8 Å². The van der Waals surface area contributed by atoms with Crippen molar-refractivity contribution in [1.82, 2.24) is 4.90 Å². The molecule has 1 heterocycles. The zero-order valence-electron chi connectivity index (χ0n) is 17.0. The Morgan fingerprint density at radius 1 is 1.11 bits per heavy atom. The van der Waals surface area contributed by atoms with Crippen LogP contribution < -0.4 is 4.74 Å². The number of carbonyl (C=O) groups excluding carboxylic acids is 1. The molecule has 0 bridgehead atoms. The molecule has 0 radical (unpaired) electrons. The molecular formula is C24H31NO3. The number of ether oxygens (including phenoxy) is 2. The SMILES string of the molecule is CCCOCc1cc(C(=O)N2CCC(Cc3ccccc3)CC2)ccc1OC. The van der Waals surface area contributed by atoms with Gasteiger partial charge in [0.1, 0.15) is 5.75 Å². The minimum atomic E-state index is 0.109. The summed E-state index contributed by atoms with van der Waals surface area (Å²) in [6.45, 7) is 4.90. The second-order valence-corrected chi connectivity index (χ2v) is 7.50. The number of hydrogen-bond donors (Lipinski definition) is 0. The highest BCUT2D eigenvalue weighted by molar-refractivity contribution is 5.94. The number of hydrogen-bond acceptors (Lipinski definition) is 3. The molecule has 1 saturated heterocycles. The first-order valence-corrected chi connectivity index (χ1v) is 10.3. The lowest BCUT2D eigenvalue weighted by molar-refractivity contribution is 0.0690. The molecule has 4 nitrogen and oxygen atoms in total. The highest BCUT2D eigenvalue weighted by Crippen LogP contribution is 2.25. The summed E-state index contributed by atoms with van der Waals surface area (Å²) >= 11 is 0. The van der Waals surface area contributed by atoms with Crippen LogP contribution in [0.4, 0.5) is 0 Å². The maximum Gasteiger partial charge on any atom is 0.253 e. The minimum absolute atomic E-state index is 0.109. The third-order valence-corrected chi connectivity index (χ3v) is 5.40. The van der Waals surface area contributed by atoms with E-state index in [0.717, 1.165) is 55.6 Å². The van der Waals surface area contributed by atoms with Crippen molar-refractivity contribution in [2.75, 3.05) is 26.8 Å². The predicted molar refractivity (Wildman–Crippen MR) is 112 cm³/mol. The molecular weight excluding hydrogens is 350 g/mol. The Balaban J connectivity index is 1.59. The van der Waals surface area contributed by atoms with Crippen LogP contribution in [0, 0.1) is 5.92 Å². The van der Waals surface area contributed by atoms with Crippen LogP contribution >= 0.6 is 0 Å². The van der Waals surface area contributed by atoms with E-state index in [2.05, 4.69) is 37.3 Å². The number of nitrogens with zero attached hydrogens (tertiary/aromatic N) is 1. The second-order valence-electron chi connectivity index (χ2n) is 7.50. The first-order chi connectivity index (χ1) is 13.7. The molecule has 2 aromatic rings. The van der Waals surface area contributed by atoms with Crippen LogP contribution in [-0.4, -0.2) is 37.6 Å². The fourth-order valence-electron chi connectivity index (χ4n) is 3.82. The summed E-state index contributed by atoms with van der Waals surface area (Å²) in [5.74, 6) is 1.53. The van der Waals surface area contributed by atoms with Gasteiger partial charge in [-0.25, -0.2) is 0 Å². The summed E-state index contributed by atoms with van der Waals surface area (Å²) in [6.07, 6.45) is 4.19. The van der Waals surface area contributed by atoms with Crippen molar-refractivity contribution >= 4 is 5.91 Å². The third kappa shape index (κ3) is 5.35. The lowest BCUT2D eigenvalue weighted by Crippen LogP contribution is -2.39. The fourth-order valence-corrected chi connectivity index (χ4v) is 3.82. The van der Waals surface area contributed by atoms with Crippen molar-refractivity contribution < 1.29 is 14.3 Å². The Hall–Kier alpha value is -2.33. The first-order valence-electron chi connectivity index (χ1n) is 10.3. The Labute approximate surface area is 168 Å². The number of carbonyl (C=O) groups is 1. The van der Waals surface area contributed by atoms with Gasteiger partial charge in [-0.15, -0.1) is 0 Å². The molecule has 2 aromatic carbocycles. The van der Waals surface area contributed by atoms with Crippen LogP contribution in [0.2, 0.25) is 0 Å². The molecule has 0 N–H and O–H groups in total. The van der Waals surface area contributed by atoms with Crippen LogP contribution in [0.5, 0.6) is 5.75 Å². The Bertz CT molecular complexity index is 752. The van der Waals surface area contributed by atoms with E-state index in [1.54, 1.807) is 7.11 Å². The number of methoxy groups -OCH3 is 1. The van der Waals surface area contributed by atoms with E-state index in [-0.39, 0.29) is 5.91 Å². The summed E-state index contributed by atoms with van der Waals surface area (Å²) in [4.78, 5) is 15.0. The molecule has 0 saturated carbocycles. The van der Waals surface area contributed by atoms with Gasteiger partial charge in [-0.2, -0.15) is 0 Å². The molecule has 150 valence electrons. The number of benzene rings is 2. The average molecular weight is 382 g/mol. The molecule has 0 aliphatic carbocycles. The van der Waals surface area contributed by atoms with Crippen LogP contribution in [0.15, 0.2) is 48.5 Å². The van der Waals surface area contributed by atoms with Crippen LogP contribution in [0.25, 0.3) is 0 Å². The molecule has 3 rings (SSSR count). The van der Waals surface area contributed by atoms with Crippen molar-refractivity contribution in [2.24, 2.45) is 5.92 Å².